The van der Waals surface area contributed by atoms with Crippen LogP contribution in [0.25, 0.3) is 0 Å². The molecule has 0 atom stereocenters. The Morgan fingerprint density at radius 3 is 0.815 bits per heavy atom. The minimum Gasteiger partial charge on any atom is -0.247 e. The van der Waals surface area contributed by atoms with Crippen LogP contribution in [-0.4, -0.2) is 20.1 Å². The summed E-state index contributed by atoms with van der Waals surface area (Å²) in [6, 6.07) is 0. The molecule has 0 aromatic carbocycles. The zero-order valence-corrected chi connectivity index (χ0v) is 27.5. The van der Waals surface area contributed by atoms with Gasteiger partial charge in [-0.15, -0.1) is 0 Å². The van der Waals surface area contributed by atoms with Crippen molar-refractivity contribution in [3.8, 4) is 0 Å². The Balaban J connectivity index is 3.46. The molecule has 6 nitrogen and oxygen atoms in total. The molecule has 1 aromatic heterocycles. The van der Waals surface area contributed by atoms with Crippen LogP contribution in [0.5, 0.6) is 0 Å². The van der Waals surface area contributed by atoms with Gasteiger partial charge in [-0.3, -0.25) is 0 Å². The number of rotatable bonds is 6. The van der Waals surface area contributed by atoms with E-state index >= 15 is 0 Å². The molecule has 1 aromatic rings. The fraction of sp³-hybridized carbons (Fsp3) is 0.750. The van der Waals surface area contributed by atoms with E-state index in [1.54, 1.807) is 0 Å². The number of hydrogen-bond acceptors (Lipinski definition) is 3. The molecule has 0 N–H and O–H groups in total. The van der Waals surface area contributed by atoms with Crippen molar-refractivity contribution in [1.82, 2.24) is 13.7 Å². The largest absolute Gasteiger partial charge is 0.336 e. The van der Waals surface area contributed by atoms with Gasteiger partial charge in [-0.1, -0.05) is 143 Å². The maximum absolute atomic E-state index is 12.8. The maximum atomic E-state index is 12.8. The number of alkyl halides is 9. The lowest BCUT2D eigenvalue weighted by Crippen LogP contribution is -2.55. The van der Waals surface area contributed by atoms with E-state index in [1.165, 1.54) is 0 Å². The van der Waals surface area contributed by atoms with Crippen LogP contribution in [0, 0.1) is 0 Å². The van der Waals surface area contributed by atoms with Gasteiger partial charge in [0.25, 0.3) is 0 Å². The van der Waals surface area contributed by atoms with Crippen molar-refractivity contribution in [1.29, 1.82) is 0 Å². The highest BCUT2D eigenvalue weighted by molar-refractivity contribution is 9.40. The molecule has 0 amide bonds. The van der Waals surface area contributed by atoms with Gasteiger partial charge in [0.05, 0.1) is 0 Å². The Hall–Kier alpha value is 2.73. The van der Waals surface area contributed by atoms with E-state index in [0.29, 0.717) is 19.3 Å². The third kappa shape index (κ3) is 10.3. The van der Waals surface area contributed by atoms with Gasteiger partial charge < -0.3 is 0 Å². The molecular weight excluding hydrogens is 953 g/mol. The molecular formula is C12H12Br9N3O3. The Morgan fingerprint density at radius 2 is 0.667 bits per heavy atom. The summed E-state index contributed by atoms with van der Waals surface area (Å²) < 4.78 is 1.36. The zero-order chi connectivity index (χ0) is 21.2. The van der Waals surface area contributed by atoms with Crippen LogP contribution in [-0.2, 0) is 19.6 Å². The summed E-state index contributed by atoms with van der Waals surface area (Å²) in [6.45, 7) is 0.345. The van der Waals surface area contributed by atoms with Gasteiger partial charge in [0, 0.05) is 38.9 Å². The third-order valence-electron chi connectivity index (χ3n) is 3.24. The molecule has 0 fully saturated rings. The summed E-state index contributed by atoms with van der Waals surface area (Å²) in [4.78, 5) is 38.4. The molecule has 27 heavy (non-hydrogen) atoms. The second kappa shape index (κ2) is 11.0. The molecule has 0 aliphatic rings. The van der Waals surface area contributed by atoms with E-state index in [2.05, 4.69) is 143 Å². The minimum atomic E-state index is -0.641. The fourth-order valence-corrected chi connectivity index (χ4v) is 3.57. The molecule has 0 aliphatic heterocycles. The molecule has 0 aliphatic carbocycles. The van der Waals surface area contributed by atoms with Gasteiger partial charge in [0.15, 0.2) is 0 Å². The van der Waals surface area contributed by atoms with Crippen molar-refractivity contribution in [2.45, 2.75) is 45.3 Å². The summed E-state index contributed by atoms with van der Waals surface area (Å²) in [5, 5.41) is 0. The Morgan fingerprint density at radius 1 is 0.481 bits per heavy atom. The van der Waals surface area contributed by atoms with Gasteiger partial charge in [0.2, 0.25) is 0 Å². The van der Waals surface area contributed by atoms with Crippen molar-refractivity contribution in [3.63, 3.8) is 0 Å². The standard InChI is InChI=1S/C12H12Br9N3O3/c13-10(14,15)1-4-22-7(25)23(5-2-11(16,17)18)9(27)24(8(22)26)6-3-12(19,20)21/h1-6H2. The average molecular weight is 965 g/mol. The summed E-state index contributed by atoms with van der Waals surface area (Å²) in [5.74, 6) is 0. The van der Waals surface area contributed by atoms with Crippen LogP contribution in [0.3, 0.4) is 0 Å². The molecule has 0 unspecified atom stereocenters. The maximum Gasteiger partial charge on any atom is 0.336 e. The minimum absolute atomic E-state index is 0.115. The second-order valence-electron chi connectivity index (χ2n) is 5.40. The van der Waals surface area contributed by atoms with Crippen LogP contribution in [0.15, 0.2) is 14.4 Å². The predicted octanol–water partition coefficient (Wildman–Crippen LogP) is 5.86. The van der Waals surface area contributed by atoms with Gasteiger partial charge in [-0.05, 0) is 0 Å². The predicted molar refractivity (Wildman–Crippen MR) is 142 cm³/mol. The monoisotopic (exact) mass is 956 g/mol. The highest BCUT2D eigenvalue weighted by Gasteiger charge is 2.25. The van der Waals surface area contributed by atoms with Gasteiger partial charge in [0.1, 0.15) is 6.43 Å². The van der Waals surface area contributed by atoms with Crippen molar-refractivity contribution in [2.24, 2.45) is 0 Å². The molecule has 0 spiro atoms. The number of hydrogen-bond donors (Lipinski definition) is 0. The first-order chi connectivity index (χ1) is 12.0. The van der Waals surface area contributed by atoms with Crippen LogP contribution < -0.4 is 17.1 Å². The quantitative estimate of drug-likeness (QED) is 0.336. The van der Waals surface area contributed by atoms with Crippen molar-refractivity contribution in [3.05, 3.63) is 31.5 Å². The first kappa shape index (κ1) is 27.8. The highest BCUT2D eigenvalue weighted by atomic mass is 80.0. The SMILES string of the molecule is O=c1n(CCC(Br)(Br)Br)c(=O)n(CCC(Br)(Br)Br)c(=O)n1CCC(Br)(Br)Br. The second-order valence-corrected chi connectivity index (χ2v) is 27.2. The summed E-state index contributed by atoms with van der Waals surface area (Å²) >= 11 is 30.2. The van der Waals surface area contributed by atoms with E-state index in [-0.39, 0.29) is 19.6 Å². The van der Waals surface area contributed by atoms with E-state index in [4.69, 9.17) is 0 Å². The lowest BCUT2D eigenvalue weighted by molar-refractivity contribution is 0.435. The van der Waals surface area contributed by atoms with Gasteiger partial charge in [-0.25, -0.2) is 28.1 Å². The van der Waals surface area contributed by atoms with E-state index in [9.17, 15) is 14.4 Å². The Bertz CT molecular complexity index is 687. The van der Waals surface area contributed by atoms with Crippen molar-refractivity contribution in [2.75, 3.05) is 0 Å². The van der Waals surface area contributed by atoms with Gasteiger partial charge >= 0.3 is 17.1 Å². The molecule has 1 heterocycles. The van der Waals surface area contributed by atoms with Crippen LogP contribution in [0.4, 0.5) is 0 Å². The zero-order valence-electron chi connectivity index (χ0n) is 13.2. The van der Waals surface area contributed by atoms with Crippen LogP contribution >= 0.6 is 143 Å². The first-order valence-corrected chi connectivity index (χ1v) is 14.3. The summed E-state index contributed by atoms with van der Waals surface area (Å²) in [5.41, 5.74) is -1.92. The normalized spacial score (nSPS) is 13.2. The van der Waals surface area contributed by atoms with E-state index in [0.717, 1.165) is 13.7 Å². The van der Waals surface area contributed by atoms with Crippen LogP contribution in [0.1, 0.15) is 19.3 Å². The molecule has 156 valence electrons. The molecule has 0 bridgehead atoms. The molecule has 0 saturated carbocycles. The third-order valence-corrected chi connectivity index (χ3v) is 6.81. The summed E-state index contributed by atoms with van der Waals surface area (Å²) in [6.07, 6.45) is 1.16. The molecule has 0 saturated heterocycles. The molecule has 15 heteroatoms. The summed E-state index contributed by atoms with van der Waals surface area (Å²) in [7, 11) is 0. The fourth-order valence-electron chi connectivity index (χ4n) is 1.97. The van der Waals surface area contributed by atoms with Crippen molar-refractivity contribution >= 4 is 143 Å². The number of nitrogens with zero attached hydrogens (tertiary/aromatic N) is 3. The lowest BCUT2D eigenvalue weighted by Gasteiger charge is -2.19. The van der Waals surface area contributed by atoms with E-state index < -0.39 is 23.5 Å². The Kier molecular flexibility index (Phi) is 11.4. The molecule has 0 radical (unpaired) electrons. The smallest absolute Gasteiger partial charge is 0.247 e. The molecule has 1 rings (SSSR count). The lowest BCUT2D eigenvalue weighted by atomic mass is 10.4. The van der Waals surface area contributed by atoms with E-state index in [1.807, 2.05) is 0 Å². The Labute approximate surface area is 230 Å². The topological polar surface area (TPSA) is 66.0 Å². The highest BCUT2D eigenvalue weighted by Crippen LogP contribution is 2.38. The first-order valence-electron chi connectivity index (χ1n) is 7.16. The van der Waals surface area contributed by atoms with Crippen LogP contribution in [0.2, 0.25) is 0 Å². The number of halogens is 9. The number of aromatic nitrogens is 3. The average Bonchev–Trinajstić information content (AvgIpc) is 2.43. The van der Waals surface area contributed by atoms with Gasteiger partial charge in [-0.2, -0.15) is 0 Å². The van der Waals surface area contributed by atoms with Crippen molar-refractivity contribution < 1.29 is 0 Å².